The van der Waals surface area contributed by atoms with Crippen molar-refractivity contribution in [2.45, 2.75) is 44.9 Å². The summed E-state index contributed by atoms with van der Waals surface area (Å²) in [4.78, 5) is 16.3. The van der Waals surface area contributed by atoms with Crippen LogP contribution in [0.15, 0.2) is 12.1 Å². The second-order valence-corrected chi connectivity index (χ2v) is 8.35. The maximum atomic E-state index is 14.0. The molecular weight excluding hydrogens is 375 g/mol. The Hall–Kier alpha value is -1.73. The summed E-state index contributed by atoms with van der Waals surface area (Å²) < 4.78 is 30.8. The first-order chi connectivity index (χ1) is 12.7. The third-order valence-electron chi connectivity index (χ3n) is 4.60. The zero-order valence-electron chi connectivity index (χ0n) is 16.1. The second kappa shape index (κ2) is 7.72. The Kier molecular flexibility index (Phi) is 5.72. The van der Waals surface area contributed by atoms with Crippen molar-refractivity contribution in [3.8, 4) is 5.75 Å². The van der Waals surface area contributed by atoms with Crippen LogP contribution in [-0.2, 0) is 9.47 Å². The topological polar surface area (TPSA) is 51.2 Å². The molecule has 150 valence electrons. The van der Waals surface area contributed by atoms with Gasteiger partial charge in [-0.05, 0) is 26.8 Å². The molecule has 6 nitrogen and oxygen atoms in total. The van der Waals surface area contributed by atoms with Gasteiger partial charge in [-0.15, -0.1) is 0 Å². The van der Waals surface area contributed by atoms with Gasteiger partial charge in [-0.25, -0.2) is 9.18 Å². The maximum Gasteiger partial charge on any atom is 0.410 e. The van der Waals surface area contributed by atoms with Crippen molar-refractivity contribution in [3.05, 3.63) is 23.0 Å². The highest BCUT2D eigenvalue weighted by molar-refractivity contribution is 6.32. The summed E-state index contributed by atoms with van der Waals surface area (Å²) in [6, 6.07) is 2.64. The highest BCUT2D eigenvalue weighted by Crippen LogP contribution is 2.42. The van der Waals surface area contributed by atoms with Gasteiger partial charge in [0, 0.05) is 39.2 Å². The average molecular weight is 401 g/mol. The first kappa shape index (κ1) is 20.0. The number of piperazine rings is 1. The van der Waals surface area contributed by atoms with Gasteiger partial charge >= 0.3 is 6.09 Å². The SMILES string of the molecule is COC[C@@H]1C[C@H]2CN(C(=O)OC(C)(C)C)CCN2c2cc(F)cc(Cl)c2O1. The highest BCUT2D eigenvalue weighted by Gasteiger charge is 2.38. The van der Waals surface area contributed by atoms with Gasteiger partial charge in [0.2, 0.25) is 0 Å². The smallest absolute Gasteiger partial charge is 0.410 e. The van der Waals surface area contributed by atoms with Crippen LogP contribution in [0.25, 0.3) is 0 Å². The third kappa shape index (κ3) is 4.58. The summed E-state index contributed by atoms with van der Waals surface area (Å²) in [5, 5.41) is 0.237. The largest absolute Gasteiger partial charge is 0.484 e. The van der Waals surface area contributed by atoms with Gasteiger partial charge in [0.05, 0.1) is 23.4 Å². The van der Waals surface area contributed by atoms with Crippen LogP contribution in [-0.4, -0.2) is 62.1 Å². The highest BCUT2D eigenvalue weighted by atomic mass is 35.5. The fourth-order valence-electron chi connectivity index (χ4n) is 3.55. The zero-order valence-corrected chi connectivity index (χ0v) is 16.9. The van der Waals surface area contributed by atoms with Gasteiger partial charge in [-0.2, -0.15) is 0 Å². The molecule has 2 aliphatic rings. The molecule has 0 aliphatic carbocycles. The normalized spacial score (nSPS) is 22.4. The minimum Gasteiger partial charge on any atom is -0.484 e. The van der Waals surface area contributed by atoms with E-state index in [-0.39, 0.29) is 23.3 Å². The lowest BCUT2D eigenvalue weighted by molar-refractivity contribution is 0.0190. The molecule has 0 aromatic heterocycles. The predicted molar refractivity (Wildman–Crippen MR) is 101 cm³/mol. The van der Waals surface area contributed by atoms with Crippen LogP contribution in [0, 0.1) is 5.82 Å². The Labute approximate surface area is 164 Å². The van der Waals surface area contributed by atoms with E-state index < -0.39 is 11.4 Å². The molecule has 1 amide bonds. The zero-order chi connectivity index (χ0) is 19.8. The molecule has 2 heterocycles. The first-order valence-electron chi connectivity index (χ1n) is 9.07. The molecule has 0 radical (unpaired) electrons. The van der Waals surface area contributed by atoms with E-state index in [0.29, 0.717) is 44.1 Å². The summed E-state index contributed by atoms with van der Waals surface area (Å²) >= 11 is 6.25. The van der Waals surface area contributed by atoms with Crippen molar-refractivity contribution in [2.24, 2.45) is 0 Å². The lowest BCUT2D eigenvalue weighted by atomic mass is 10.0. The molecule has 0 saturated carbocycles. The van der Waals surface area contributed by atoms with E-state index in [0.717, 1.165) is 0 Å². The van der Waals surface area contributed by atoms with Crippen LogP contribution in [0.3, 0.4) is 0 Å². The summed E-state index contributed by atoms with van der Waals surface area (Å²) in [5.41, 5.74) is 0.0650. The van der Waals surface area contributed by atoms with E-state index in [1.165, 1.54) is 12.1 Å². The Morgan fingerprint density at radius 1 is 1.37 bits per heavy atom. The second-order valence-electron chi connectivity index (χ2n) is 7.94. The number of benzene rings is 1. The molecule has 1 fully saturated rings. The molecule has 0 bridgehead atoms. The first-order valence-corrected chi connectivity index (χ1v) is 9.45. The number of halogens is 2. The quantitative estimate of drug-likeness (QED) is 0.757. The fourth-order valence-corrected chi connectivity index (χ4v) is 3.80. The number of fused-ring (bicyclic) bond motifs is 3. The molecule has 27 heavy (non-hydrogen) atoms. The number of methoxy groups -OCH3 is 1. The van der Waals surface area contributed by atoms with Gasteiger partial charge in [0.1, 0.15) is 17.5 Å². The number of hydrogen-bond donors (Lipinski definition) is 0. The monoisotopic (exact) mass is 400 g/mol. The van der Waals surface area contributed by atoms with Gasteiger partial charge in [0.15, 0.2) is 5.75 Å². The molecule has 1 aromatic rings. The number of hydrogen-bond acceptors (Lipinski definition) is 5. The van der Waals surface area contributed by atoms with Gasteiger partial charge < -0.3 is 24.0 Å². The summed E-state index contributed by atoms with van der Waals surface area (Å²) in [5.74, 6) is 0.0502. The summed E-state index contributed by atoms with van der Waals surface area (Å²) in [6.45, 7) is 7.40. The van der Waals surface area contributed by atoms with E-state index in [4.69, 9.17) is 25.8 Å². The van der Waals surface area contributed by atoms with Crippen LogP contribution in [0.1, 0.15) is 27.2 Å². The van der Waals surface area contributed by atoms with Crippen molar-refractivity contribution in [2.75, 3.05) is 38.3 Å². The van der Waals surface area contributed by atoms with Crippen LogP contribution < -0.4 is 9.64 Å². The summed E-state index contributed by atoms with van der Waals surface area (Å²) in [6.07, 6.45) is 0.0400. The number of nitrogens with zero attached hydrogens (tertiary/aromatic N) is 2. The molecule has 2 aliphatic heterocycles. The van der Waals surface area contributed by atoms with Crippen LogP contribution in [0.4, 0.5) is 14.9 Å². The Bertz CT molecular complexity index is 710. The van der Waals surface area contributed by atoms with Crippen molar-refractivity contribution in [1.82, 2.24) is 4.90 Å². The number of carbonyl (C=O) groups excluding carboxylic acids is 1. The fraction of sp³-hybridized carbons (Fsp3) is 0.632. The maximum absolute atomic E-state index is 14.0. The third-order valence-corrected chi connectivity index (χ3v) is 4.89. The molecule has 0 unspecified atom stereocenters. The molecule has 0 N–H and O–H groups in total. The van der Waals surface area contributed by atoms with E-state index >= 15 is 0 Å². The number of rotatable bonds is 2. The standard InChI is InChI=1S/C19H26ClFN2O4/c1-19(2,3)27-18(24)22-5-6-23-13(10-22)9-14(11-25-4)26-17-15(20)7-12(21)8-16(17)23/h7-8,13-14H,5-6,9-11H2,1-4H3/t13-,14-/m0/s1. The molecule has 3 rings (SSSR count). The lowest BCUT2D eigenvalue weighted by Crippen LogP contribution is -2.56. The van der Waals surface area contributed by atoms with Gasteiger partial charge in [-0.3, -0.25) is 0 Å². The van der Waals surface area contributed by atoms with Crippen molar-refractivity contribution in [3.63, 3.8) is 0 Å². The Balaban J connectivity index is 1.87. The van der Waals surface area contributed by atoms with Crippen molar-refractivity contribution >= 4 is 23.4 Å². The average Bonchev–Trinajstić information content (AvgIpc) is 2.70. The molecule has 2 atom stereocenters. The van der Waals surface area contributed by atoms with Crippen molar-refractivity contribution in [1.29, 1.82) is 0 Å². The van der Waals surface area contributed by atoms with Crippen molar-refractivity contribution < 1.29 is 23.4 Å². The van der Waals surface area contributed by atoms with E-state index in [1.807, 2.05) is 20.8 Å². The molecule has 1 aromatic carbocycles. The van der Waals surface area contributed by atoms with E-state index in [1.54, 1.807) is 12.0 Å². The van der Waals surface area contributed by atoms with Crippen LogP contribution in [0.2, 0.25) is 5.02 Å². The number of ether oxygens (including phenoxy) is 3. The summed E-state index contributed by atoms with van der Waals surface area (Å²) in [7, 11) is 1.60. The Morgan fingerprint density at radius 2 is 2.11 bits per heavy atom. The number of anilines is 1. The minimum absolute atomic E-state index is 0.0504. The minimum atomic E-state index is -0.553. The van der Waals surface area contributed by atoms with Crippen LogP contribution >= 0.6 is 11.6 Å². The van der Waals surface area contributed by atoms with E-state index in [2.05, 4.69) is 4.90 Å². The predicted octanol–water partition coefficient (Wildman–Crippen LogP) is 3.70. The number of carbonyl (C=O) groups is 1. The van der Waals surface area contributed by atoms with Gasteiger partial charge in [0.25, 0.3) is 0 Å². The molecule has 8 heteroatoms. The molecule has 0 spiro atoms. The van der Waals surface area contributed by atoms with Gasteiger partial charge in [-0.1, -0.05) is 11.6 Å². The molecule has 1 saturated heterocycles. The molecular formula is C19H26ClFN2O4. The van der Waals surface area contributed by atoms with Crippen LogP contribution in [0.5, 0.6) is 5.75 Å². The van der Waals surface area contributed by atoms with E-state index in [9.17, 15) is 9.18 Å². The lowest BCUT2D eigenvalue weighted by Gasteiger charge is -2.42. The Morgan fingerprint density at radius 3 is 2.78 bits per heavy atom. The number of amides is 1.